The number of methoxy groups -OCH3 is 2. The fourth-order valence-electron chi connectivity index (χ4n) is 3.35. The highest BCUT2D eigenvalue weighted by atomic mass is 19.1. The van der Waals surface area contributed by atoms with E-state index >= 15 is 0 Å². The highest BCUT2D eigenvalue weighted by Gasteiger charge is 2.14. The number of hydrogen-bond donors (Lipinski definition) is 0. The summed E-state index contributed by atoms with van der Waals surface area (Å²) in [4.78, 5) is 16.3. The molecule has 2 heterocycles. The Kier molecular flexibility index (Phi) is 4.99. The molecule has 0 saturated heterocycles. The van der Waals surface area contributed by atoms with Crippen molar-refractivity contribution in [1.82, 2.24) is 9.55 Å². The van der Waals surface area contributed by atoms with Crippen molar-refractivity contribution >= 4 is 16.9 Å². The van der Waals surface area contributed by atoms with Crippen molar-refractivity contribution in [3.05, 3.63) is 83.9 Å². The quantitative estimate of drug-likeness (QED) is 0.464. The topological polar surface area (TPSA) is 53.4 Å². The normalized spacial score (nSPS) is 10.9. The van der Waals surface area contributed by atoms with E-state index in [2.05, 4.69) is 9.55 Å². The summed E-state index contributed by atoms with van der Waals surface area (Å²) in [6, 6.07) is 19.5. The van der Waals surface area contributed by atoms with Crippen molar-refractivity contribution in [2.45, 2.75) is 6.54 Å². The first-order valence-corrected chi connectivity index (χ1v) is 9.06. The third kappa shape index (κ3) is 3.69. The van der Waals surface area contributed by atoms with Gasteiger partial charge < -0.3 is 14.0 Å². The van der Waals surface area contributed by atoms with E-state index in [0.29, 0.717) is 12.2 Å². The average molecular weight is 390 g/mol. The first-order valence-electron chi connectivity index (χ1n) is 9.06. The summed E-state index contributed by atoms with van der Waals surface area (Å²) >= 11 is 0. The lowest BCUT2D eigenvalue weighted by Gasteiger charge is -2.12. The number of nitrogens with zero attached hydrogens (tertiary/aromatic N) is 2. The largest absolute Gasteiger partial charge is 0.497 e. The molecule has 0 aliphatic carbocycles. The summed E-state index contributed by atoms with van der Waals surface area (Å²) in [5, 5.41) is 0.993. The van der Waals surface area contributed by atoms with Crippen LogP contribution >= 0.6 is 0 Å². The zero-order valence-corrected chi connectivity index (χ0v) is 16.1. The van der Waals surface area contributed by atoms with E-state index in [1.807, 2.05) is 30.3 Å². The smallest absolute Gasteiger partial charge is 0.356 e. The molecule has 0 aliphatic heterocycles. The first kappa shape index (κ1) is 18.7. The van der Waals surface area contributed by atoms with Gasteiger partial charge in [-0.3, -0.25) is 0 Å². The number of fused-ring (bicyclic) bond motifs is 1. The van der Waals surface area contributed by atoms with Gasteiger partial charge in [0.2, 0.25) is 0 Å². The number of hydrogen-bond acceptors (Lipinski definition) is 4. The Morgan fingerprint density at radius 3 is 2.55 bits per heavy atom. The van der Waals surface area contributed by atoms with Gasteiger partial charge in [-0.05, 0) is 66.2 Å². The Bertz CT molecular complexity index is 1180. The zero-order chi connectivity index (χ0) is 20.4. The summed E-state index contributed by atoms with van der Waals surface area (Å²) in [6.07, 6.45) is 0. The van der Waals surface area contributed by atoms with Crippen molar-refractivity contribution in [2.75, 3.05) is 14.2 Å². The van der Waals surface area contributed by atoms with Crippen LogP contribution in [0, 0.1) is 5.82 Å². The highest BCUT2D eigenvalue weighted by molar-refractivity contribution is 5.88. The van der Waals surface area contributed by atoms with Gasteiger partial charge in [-0.25, -0.2) is 14.2 Å². The number of carbonyl (C=O) groups is 1. The number of aromatic nitrogens is 2. The van der Waals surface area contributed by atoms with Crippen LogP contribution in [0.1, 0.15) is 16.2 Å². The summed E-state index contributed by atoms with van der Waals surface area (Å²) in [5.41, 5.74) is 3.75. The van der Waals surface area contributed by atoms with Crippen molar-refractivity contribution in [2.24, 2.45) is 0 Å². The molecule has 0 fully saturated rings. The van der Waals surface area contributed by atoms with Crippen LogP contribution < -0.4 is 4.74 Å². The highest BCUT2D eigenvalue weighted by Crippen LogP contribution is 2.31. The number of carbonyl (C=O) groups excluding carboxylic acids is 1. The molecule has 0 unspecified atom stereocenters. The molecule has 4 rings (SSSR count). The molecule has 0 saturated carbocycles. The molecule has 0 amide bonds. The van der Waals surface area contributed by atoms with E-state index in [4.69, 9.17) is 9.47 Å². The van der Waals surface area contributed by atoms with E-state index in [-0.39, 0.29) is 11.5 Å². The summed E-state index contributed by atoms with van der Waals surface area (Å²) in [5.74, 6) is -0.00986. The second kappa shape index (κ2) is 7.75. The lowest BCUT2D eigenvalue weighted by atomic mass is 10.1. The van der Waals surface area contributed by atoms with E-state index in [9.17, 15) is 9.18 Å². The molecule has 6 heteroatoms. The van der Waals surface area contributed by atoms with Gasteiger partial charge in [0.25, 0.3) is 0 Å². The predicted molar refractivity (Wildman–Crippen MR) is 109 cm³/mol. The molecule has 0 atom stereocenters. The number of halogens is 1. The van der Waals surface area contributed by atoms with Crippen LogP contribution in [0.3, 0.4) is 0 Å². The van der Waals surface area contributed by atoms with Gasteiger partial charge in [0, 0.05) is 16.6 Å². The first-order chi connectivity index (χ1) is 14.1. The van der Waals surface area contributed by atoms with Gasteiger partial charge in [-0.2, -0.15) is 0 Å². The SMILES string of the molecule is COC(=O)c1cccc(Cn2c(-c3ccc(F)cc3)cc3cc(OC)ccc32)n1. The van der Waals surface area contributed by atoms with Gasteiger partial charge >= 0.3 is 5.97 Å². The fourth-order valence-corrected chi connectivity index (χ4v) is 3.35. The molecule has 0 spiro atoms. The van der Waals surface area contributed by atoms with Crippen LogP contribution in [-0.2, 0) is 11.3 Å². The maximum Gasteiger partial charge on any atom is 0.356 e. The van der Waals surface area contributed by atoms with E-state index in [1.165, 1.54) is 19.2 Å². The third-order valence-electron chi connectivity index (χ3n) is 4.77. The maximum absolute atomic E-state index is 13.4. The lowest BCUT2D eigenvalue weighted by Crippen LogP contribution is -2.09. The van der Waals surface area contributed by atoms with Gasteiger partial charge in [-0.15, -0.1) is 0 Å². The number of ether oxygens (including phenoxy) is 2. The summed E-state index contributed by atoms with van der Waals surface area (Å²) in [6.45, 7) is 0.438. The van der Waals surface area contributed by atoms with Crippen LogP contribution in [0.25, 0.3) is 22.2 Å². The molecule has 5 nitrogen and oxygen atoms in total. The molecular weight excluding hydrogens is 371 g/mol. The van der Waals surface area contributed by atoms with Crippen molar-refractivity contribution < 1.29 is 18.7 Å². The van der Waals surface area contributed by atoms with Crippen LogP contribution in [0.4, 0.5) is 4.39 Å². The fraction of sp³-hybridized carbons (Fsp3) is 0.130. The Morgan fingerprint density at radius 2 is 1.83 bits per heavy atom. The Morgan fingerprint density at radius 1 is 1.03 bits per heavy atom. The maximum atomic E-state index is 13.4. The monoisotopic (exact) mass is 390 g/mol. The molecule has 0 N–H and O–H groups in total. The molecule has 0 radical (unpaired) electrons. The second-order valence-electron chi connectivity index (χ2n) is 6.55. The van der Waals surface area contributed by atoms with Crippen molar-refractivity contribution in [3.8, 4) is 17.0 Å². The number of rotatable bonds is 5. The third-order valence-corrected chi connectivity index (χ3v) is 4.77. The lowest BCUT2D eigenvalue weighted by molar-refractivity contribution is 0.0593. The van der Waals surface area contributed by atoms with Crippen molar-refractivity contribution in [1.29, 1.82) is 0 Å². The van der Waals surface area contributed by atoms with E-state index < -0.39 is 5.97 Å². The molecule has 4 aromatic rings. The Hall–Kier alpha value is -3.67. The molecule has 2 aromatic heterocycles. The summed E-state index contributed by atoms with van der Waals surface area (Å²) < 4.78 is 25.6. The molecule has 0 aliphatic rings. The van der Waals surface area contributed by atoms with Crippen LogP contribution in [0.15, 0.2) is 66.7 Å². The van der Waals surface area contributed by atoms with Gasteiger partial charge in [-0.1, -0.05) is 6.07 Å². The molecule has 29 heavy (non-hydrogen) atoms. The van der Waals surface area contributed by atoms with Gasteiger partial charge in [0.1, 0.15) is 17.3 Å². The minimum Gasteiger partial charge on any atom is -0.497 e. The molecule has 0 bridgehead atoms. The number of benzene rings is 2. The standard InChI is InChI=1S/C23H19FN2O3/c1-28-19-10-11-21-16(12-19)13-22(15-6-8-17(24)9-7-15)26(21)14-18-4-3-5-20(25-18)23(27)29-2/h3-13H,14H2,1-2H3. The predicted octanol–water partition coefficient (Wildman–Crippen LogP) is 4.69. The average Bonchev–Trinajstić information content (AvgIpc) is 3.11. The van der Waals surface area contributed by atoms with Gasteiger partial charge in [0.05, 0.1) is 26.5 Å². The molecule has 2 aromatic carbocycles. The Balaban J connectivity index is 1.84. The minimum absolute atomic E-state index is 0.256. The van der Waals surface area contributed by atoms with Crippen LogP contribution in [0.5, 0.6) is 5.75 Å². The number of esters is 1. The second-order valence-corrected chi connectivity index (χ2v) is 6.55. The summed E-state index contributed by atoms with van der Waals surface area (Å²) in [7, 11) is 2.96. The molecular formula is C23H19FN2O3. The van der Waals surface area contributed by atoms with E-state index in [1.54, 1.807) is 31.4 Å². The number of pyridine rings is 1. The van der Waals surface area contributed by atoms with E-state index in [0.717, 1.165) is 27.9 Å². The Labute approximate surface area is 167 Å². The minimum atomic E-state index is -0.479. The van der Waals surface area contributed by atoms with Crippen molar-refractivity contribution in [3.63, 3.8) is 0 Å². The molecule has 146 valence electrons. The van der Waals surface area contributed by atoms with Crippen LogP contribution in [-0.4, -0.2) is 29.7 Å². The van der Waals surface area contributed by atoms with Crippen LogP contribution in [0.2, 0.25) is 0 Å². The van der Waals surface area contributed by atoms with Gasteiger partial charge in [0.15, 0.2) is 0 Å². The zero-order valence-electron chi connectivity index (χ0n) is 16.1.